The molecule has 0 aliphatic carbocycles. The van der Waals surface area contributed by atoms with E-state index in [1.165, 1.54) is 0 Å². The maximum atomic E-state index is 12.8. The van der Waals surface area contributed by atoms with Crippen molar-refractivity contribution in [3.05, 3.63) is 47.3 Å². The van der Waals surface area contributed by atoms with Gasteiger partial charge in [0.15, 0.2) is 5.65 Å². The number of thioether (sulfide) groups is 1. The maximum Gasteiger partial charge on any atom is 0.255 e. The Morgan fingerprint density at radius 1 is 1.46 bits per heavy atom. The molecule has 6 nitrogen and oxygen atoms in total. The molecule has 1 aliphatic heterocycles. The zero-order valence-corrected chi connectivity index (χ0v) is 14.0. The van der Waals surface area contributed by atoms with Crippen molar-refractivity contribution in [1.29, 1.82) is 0 Å². The highest BCUT2D eigenvalue weighted by Gasteiger charge is 2.21. The van der Waals surface area contributed by atoms with Crippen LogP contribution in [0.3, 0.4) is 0 Å². The van der Waals surface area contributed by atoms with Crippen LogP contribution in [0.5, 0.6) is 0 Å². The fraction of sp³-hybridized carbons (Fsp3) is 0.235. The van der Waals surface area contributed by atoms with Gasteiger partial charge in [0, 0.05) is 22.7 Å². The van der Waals surface area contributed by atoms with Crippen LogP contribution in [0, 0.1) is 6.92 Å². The Hall–Kier alpha value is -2.38. The molecule has 2 aromatic heterocycles. The third-order valence-corrected chi connectivity index (χ3v) is 5.39. The van der Waals surface area contributed by atoms with E-state index in [-0.39, 0.29) is 11.9 Å². The maximum absolute atomic E-state index is 12.8. The van der Waals surface area contributed by atoms with Crippen LogP contribution < -0.4 is 11.1 Å². The molecule has 3 heterocycles. The molecular formula is C17H17N5OS. The topological polar surface area (TPSA) is 96.7 Å². The summed E-state index contributed by atoms with van der Waals surface area (Å²) in [5, 5.41) is 10.5. The number of nitrogens with zero attached hydrogens (tertiary/aromatic N) is 2. The zero-order valence-electron chi connectivity index (χ0n) is 13.2. The van der Waals surface area contributed by atoms with Crippen molar-refractivity contribution in [3.8, 4) is 0 Å². The minimum Gasteiger partial charge on any atom is -0.324 e. The molecule has 122 valence electrons. The molecule has 1 atom stereocenters. The summed E-state index contributed by atoms with van der Waals surface area (Å²) in [6, 6.07) is 5.83. The fourth-order valence-electron chi connectivity index (χ4n) is 2.97. The number of H-pyrrole nitrogens is 1. The number of hydrogen-bond donors (Lipinski definition) is 3. The van der Waals surface area contributed by atoms with E-state index in [1.54, 1.807) is 30.2 Å². The number of benzene rings is 1. The lowest BCUT2D eigenvalue weighted by Crippen LogP contribution is -2.19. The first-order valence-electron chi connectivity index (χ1n) is 7.76. The predicted octanol–water partition coefficient (Wildman–Crippen LogP) is 3.01. The van der Waals surface area contributed by atoms with Gasteiger partial charge in [0.05, 0.1) is 17.3 Å². The van der Waals surface area contributed by atoms with E-state index in [0.29, 0.717) is 16.9 Å². The number of fused-ring (bicyclic) bond motifs is 2. The Labute approximate surface area is 143 Å². The first-order valence-corrected chi connectivity index (χ1v) is 8.74. The predicted molar refractivity (Wildman–Crippen MR) is 95.3 cm³/mol. The monoisotopic (exact) mass is 339 g/mol. The Morgan fingerprint density at radius 3 is 3.21 bits per heavy atom. The van der Waals surface area contributed by atoms with Crippen LogP contribution in [0.2, 0.25) is 0 Å². The van der Waals surface area contributed by atoms with Gasteiger partial charge in [0.1, 0.15) is 0 Å². The Balaban J connectivity index is 1.69. The molecule has 1 aliphatic rings. The van der Waals surface area contributed by atoms with E-state index in [9.17, 15) is 4.79 Å². The number of carbonyl (C=O) groups excluding carboxylic acids is 1. The van der Waals surface area contributed by atoms with E-state index in [1.807, 2.05) is 19.1 Å². The van der Waals surface area contributed by atoms with Gasteiger partial charge < -0.3 is 11.1 Å². The summed E-state index contributed by atoms with van der Waals surface area (Å²) < 4.78 is 0. The van der Waals surface area contributed by atoms with Crippen molar-refractivity contribution in [2.45, 2.75) is 24.3 Å². The summed E-state index contributed by atoms with van der Waals surface area (Å²) in [5.41, 5.74) is 10.3. The van der Waals surface area contributed by atoms with Crippen molar-refractivity contribution >= 4 is 34.4 Å². The van der Waals surface area contributed by atoms with Gasteiger partial charge in [-0.2, -0.15) is 5.10 Å². The SMILES string of the molecule is Cc1cc2c(cc1C(=O)Nc1ccnc3[nH]ncc13)SCCC2N. The standard InChI is InChI=1S/C17H17N5OS/c1-9-6-11-13(18)3-5-24-15(11)7-10(9)17(23)21-14-2-4-19-16-12(14)8-20-22-16/h2,4,6-8,13H,3,5,18H2,1H3,(H2,19,20,21,22,23). The van der Waals surface area contributed by atoms with Gasteiger partial charge in [-0.05, 0) is 42.4 Å². The average molecular weight is 339 g/mol. The van der Waals surface area contributed by atoms with E-state index in [2.05, 4.69) is 20.5 Å². The van der Waals surface area contributed by atoms with E-state index < -0.39 is 0 Å². The van der Waals surface area contributed by atoms with Crippen LogP contribution in [0.1, 0.15) is 33.9 Å². The summed E-state index contributed by atoms with van der Waals surface area (Å²) in [4.78, 5) is 18.0. The molecule has 0 saturated carbocycles. The molecule has 3 aromatic rings. The van der Waals surface area contributed by atoms with Crippen LogP contribution in [-0.2, 0) is 0 Å². The van der Waals surface area contributed by atoms with Gasteiger partial charge in [-0.15, -0.1) is 11.8 Å². The van der Waals surface area contributed by atoms with Crippen molar-refractivity contribution in [1.82, 2.24) is 15.2 Å². The Bertz CT molecular complexity index is 936. The first kappa shape index (κ1) is 15.2. The van der Waals surface area contributed by atoms with Crippen molar-refractivity contribution in [3.63, 3.8) is 0 Å². The van der Waals surface area contributed by atoms with Crippen molar-refractivity contribution < 1.29 is 4.79 Å². The summed E-state index contributed by atoms with van der Waals surface area (Å²) in [6.07, 6.45) is 4.27. The van der Waals surface area contributed by atoms with Crippen LogP contribution in [0.25, 0.3) is 11.0 Å². The highest BCUT2D eigenvalue weighted by Crippen LogP contribution is 2.36. The first-order chi connectivity index (χ1) is 11.6. The van der Waals surface area contributed by atoms with Gasteiger partial charge >= 0.3 is 0 Å². The molecule has 1 aromatic carbocycles. The second-order valence-electron chi connectivity index (χ2n) is 5.89. The number of hydrogen-bond acceptors (Lipinski definition) is 5. The number of carbonyl (C=O) groups is 1. The number of rotatable bonds is 2. The Morgan fingerprint density at radius 2 is 2.33 bits per heavy atom. The normalized spacial score (nSPS) is 16.8. The zero-order chi connectivity index (χ0) is 16.7. The third kappa shape index (κ3) is 2.55. The number of aromatic nitrogens is 3. The second-order valence-corrected chi connectivity index (χ2v) is 7.03. The number of nitrogens with two attached hydrogens (primary N) is 1. The van der Waals surface area contributed by atoms with Gasteiger partial charge in [0.2, 0.25) is 0 Å². The third-order valence-electron chi connectivity index (χ3n) is 4.29. The summed E-state index contributed by atoms with van der Waals surface area (Å²) in [5.74, 6) is 0.849. The minimum atomic E-state index is -0.135. The number of aryl methyl sites for hydroxylation is 1. The van der Waals surface area contributed by atoms with Gasteiger partial charge in [0.25, 0.3) is 5.91 Å². The Kier molecular flexibility index (Phi) is 3.74. The van der Waals surface area contributed by atoms with Crippen LogP contribution in [-0.4, -0.2) is 26.8 Å². The largest absolute Gasteiger partial charge is 0.324 e. The van der Waals surface area contributed by atoms with Crippen molar-refractivity contribution in [2.75, 3.05) is 11.1 Å². The van der Waals surface area contributed by atoms with Crippen LogP contribution in [0.4, 0.5) is 5.69 Å². The molecule has 4 rings (SSSR count). The number of aromatic amines is 1. The smallest absolute Gasteiger partial charge is 0.255 e. The van der Waals surface area contributed by atoms with E-state index in [0.717, 1.165) is 33.6 Å². The fourth-order valence-corrected chi connectivity index (χ4v) is 4.14. The van der Waals surface area contributed by atoms with Gasteiger partial charge in [-0.1, -0.05) is 6.07 Å². The van der Waals surface area contributed by atoms with Gasteiger partial charge in [-0.25, -0.2) is 4.98 Å². The summed E-state index contributed by atoms with van der Waals surface area (Å²) in [7, 11) is 0. The lowest BCUT2D eigenvalue weighted by atomic mass is 9.98. The van der Waals surface area contributed by atoms with Crippen molar-refractivity contribution in [2.24, 2.45) is 5.73 Å². The highest BCUT2D eigenvalue weighted by atomic mass is 32.2. The molecule has 1 unspecified atom stereocenters. The van der Waals surface area contributed by atoms with Crippen LogP contribution in [0.15, 0.2) is 35.5 Å². The molecule has 0 spiro atoms. The molecular weight excluding hydrogens is 322 g/mol. The number of anilines is 1. The van der Waals surface area contributed by atoms with E-state index in [4.69, 9.17) is 5.73 Å². The average Bonchev–Trinajstić information content (AvgIpc) is 3.05. The van der Waals surface area contributed by atoms with E-state index >= 15 is 0 Å². The molecule has 7 heteroatoms. The number of pyridine rings is 1. The second kappa shape index (κ2) is 5.92. The lowest BCUT2D eigenvalue weighted by molar-refractivity contribution is 0.102. The quantitative estimate of drug-likeness (QED) is 0.667. The molecule has 0 bridgehead atoms. The molecule has 24 heavy (non-hydrogen) atoms. The summed E-state index contributed by atoms with van der Waals surface area (Å²) >= 11 is 1.76. The molecule has 0 saturated heterocycles. The lowest BCUT2D eigenvalue weighted by Gasteiger charge is -2.23. The molecule has 1 amide bonds. The highest BCUT2D eigenvalue weighted by molar-refractivity contribution is 7.99. The number of amides is 1. The minimum absolute atomic E-state index is 0.0582. The number of nitrogens with one attached hydrogen (secondary N) is 2. The van der Waals surface area contributed by atoms with Crippen LogP contribution >= 0.6 is 11.8 Å². The molecule has 0 radical (unpaired) electrons. The molecule has 0 fully saturated rings. The van der Waals surface area contributed by atoms with Gasteiger partial charge in [-0.3, -0.25) is 9.89 Å². The molecule has 4 N–H and O–H groups in total. The summed E-state index contributed by atoms with van der Waals surface area (Å²) in [6.45, 7) is 1.95.